The molecule has 0 bridgehead atoms. The first kappa shape index (κ1) is 29.6. The second kappa shape index (κ2) is 11.7. The molecule has 11 rings (SSSR count). The third-order valence-electron chi connectivity index (χ3n) is 10.7. The fourth-order valence-electron chi connectivity index (χ4n) is 8.38. The number of rotatable bonds is 4. The van der Waals surface area contributed by atoms with E-state index in [2.05, 4.69) is 191 Å². The van der Waals surface area contributed by atoms with Crippen molar-refractivity contribution in [3.8, 4) is 50.3 Å². The fraction of sp³-hybridized carbons (Fsp3) is 0. The summed E-state index contributed by atoms with van der Waals surface area (Å²) >= 11 is 0. The van der Waals surface area contributed by atoms with Crippen LogP contribution in [-0.4, -0.2) is 4.57 Å². The van der Waals surface area contributed by atoms with Crippen molar-refractivity contribution in [1.82, 2.24) is 4.57 Å². The third kappa shape index (κ3) is 4.61. The summed E-state index contributed by atoms with van der Waals surface area (Å²) in [6.45, 7) is 0. The van der Waals surface area contributed by atoms with Crippen LogP contribution in [0.2, 0.25) is 0 Å². The Morgan fingerprint density at radius 1 is 0.358 bits per heavy atom. The standard InChI is InChI=1S/C50H32N2O/c1-3-15-33(16-4-1)35-29-36(34-17-5-2-6-18-34)31-38(30-35)52-45-24-12-8-21-41(45)49-40-20-7-11-23-44(40)51(46-25-13-9-22-42(46)50(49)52)37-27-28-48-43(32-37)39-19-10-14-26-47(39)53-48/h1-32H. The Balaban J connectivity index is 1.23. The van der Waals surface area contributed by atoms with Crippen LogP contribution in [0.5, 0.6) is 0 Å². The molecule has 0 saturated heterocycles. The lowest BCUT2D eigenvalue weighted by atomic mass is 9.97. The number of aromatic nitrogens is 1. The molecule has 0 aliphatic carbocycles. The van der Waals surface area contributed by atoms with Gasteiger partial charge >= 0.3 is 0 Å². The van der Waals surface area contributed by atoms with Crippen LogP contribution in [0, 0.1) is 0 Å². The van der Waals surface area contributed by atoms with Crippen LogP contribution in [-0.2, 0) is 0 Å². The van der Waals surface area contributed by atoms with E-state index in [1.807, 2.05) is 12.1 Å². The summed E-state index contributed by atoms with van der Waals surface area (Å²) in [6.07, 6.45) is 0. The molecule has 0 fully saturated rings. The molecule has 0 radical (unpaired) electrons. The van der Waals surface area contributed by atoms with Crippen LogP contribution in [0.25, 0.3) is 83.2 Å². The number of nitrogens with zero attached hydrogens (tertiary/aromatic N) is 2. The van der Waals surface area contributed by atoms with Crippen molar-refractivity contribution in [1.29, 1.82) is 0 Å². The predicted molar refractivity (Wildman–Crippen MR) is 221 cm³/mol. The Morgan fingerprint density at radius 2 is 0.925 bits per heavy atom. The molecule has 10 aromatic rings. The average molecular weight is 677 g/mol. The summed E-state index contributed by atoms with van der Waals surface area (Å²) in [7, 11) is 0. The number of para-hydroxylation sites is 4. The maximum absolute atomic E-state index is 6.27. The van der Waals surface area contributed by atoms with Gasteiger partial charge in [0.15, 0.2) is 0 Å². The summed E-state index contributed by atoms with van der Waals surface area (Å²) in [5, 5.41) is 3.44. The average Bonchev–Trinajstić information content (AvgIpc) is 3.74. The number of hydrogen-bond acceptors (Lipinski definition) is 2. The maximum Gasteiger partial charge on any atom is 0.135 e. The molecular weight excluding hydrogens is 645 g/mol. The molecule has 2 aromatic heterocycles. The Kier molecular flexibility index (Phi) is 6.55. The molecule has 0 unspecified atom stereocenters. The third-order valence-corrected chi connectivity index (χ3v) is 10.7. The predicted octanol–water partition coefficient (Wildman–Crippen LogP) is 14.0. The number of hydrogen-bond donors (Lipinski definition) is 0. The van der Waals surface area contributed by atoms with Gasteiger partial charge in [0.1, 0.15) is 11.2 Å². The van der Waals surface area contributed by atoms with Gasteiger partial charge in [0, 0.05) is 44.2 Å². The highest BCUT2D eigenvalue weighted by Crippen LogP contribution is 2.55. The van der Waals surface area contributed by atoms with Gasteiger partial charge in [-0.2, -0.15) is 0 Å². The van der Waals surface area contributed by atoms with Crippen molar-refractivity contribution in [2.24, 2.45) is 0 Å². The summed E-state index contributed by atoms with van der Waals surface area (Å²) in [5.74, 6) is 0. The highest BCUT2D eigenvalue weighted by atomic mass is 16.3. The van der Waals surface area contributed by atoms with Gasteiger partial charge in [0.25, 0.3) is 0 Å². The Bertz CT molecular complexity index is 2950. The molecule has 0 amide bonds. The zero-order valence-electron chi connectivity index (χ0n) is 28.8. The lowest BCUT2D eigenvalue weighted by molar-refractivity contribution is 0.669. The van der Waals surface area contributed by atoms with Crippen LogP contribution in [0.1, 0.15) is 0 Å². The molecule has 8 aromatic carbocycles. The van der Waals surface area contributed by atoms with E-state index in [1.54, 1.807) is 0 Å². The summed E-state index contributed by atoms with van der Waals surface area (Å²) in [5.41, 5.74) is 16.9. The van der Waals surface area contributed by atoms with E-state index in [4.69, 9.17) is 4.42 Å². The Labute approximate surface area is 307 Å². The van der Waals surface area contributed by atoms with Crippen LogP contribution >= 0.6 is 0 Å². The molecule has 3 heteroatoms. The number of furan rings is 1. The Morgan fingerprint density at radius 3 is 1.66 bits per heavy atom. The van der Waals surface area contributed by atoms with Crippen molar-refractivity contribution in [2.45, 2.75) is 0 Å². The number of benzene rings is 8. The van der Waals surface area contributed by atoms with Gasteiger partial charge < -0.3 is 13.9 Å². The first-order valence-corrected chi connectivity index (χ1v) is 18.1. The number of fused-ring (bicyclic) bond motifs is 10. The largest absolute Gasteiger partial charge is 0.456 e. The van der Waals surface area contributed by atoms with Crippen molar-refractivity contribution in [3.63, 3.8) is 0 Å². The van der Waals surface area contributed by atoms with E-state index in [9.17, 15) is 0 Å². The van der Waals surface area contributed by atoms with E-state index in [0.29, 0.717) is 0 Å². The van der Waals surface area contributed by atoms with Crippen LogP contribution in [0.3, 0.4) is 0 Å². The monoisotopic (exact) mass is 676 g/mol. The molecular formula is C50H32N2O. The SMILES string of the molecule is c1ccc(-c2cc(-c3ccccc3)cc(-n3c4c(c5ccccc53)-c3ccccc3N(c3ccc5oc6ccccc6c5c3)c3ccccc3-4)c2)cc1. The lowest BCUT2D eigenvalue weighted by Gasteiger charge is -2.27. The summed E-state index contributed by atoms with van der Waals surface area (Å²) < 4.78 is 8.77. The van der Waals surface area contributed by atoms with Gasteiger partial charge in [-0.25, -0.2) is 0 Å². The fourth-order valence-corrected chi connectivity index (χ4v) is 8.38. The van der Waals surface area contributed by atoms with Crippen LogP contribution in [0.15, 0.2) is 199 Å². The minimum Gasteiger partial charge on any atom is -0.456 e. The highest BCUT2D eigenvalue weighted by Gasteiger charge is 2.31. The molecule has 1 aliphatic rings. The zero-order valence-corrected chi connectivity index (χ0v) is 28.8. The first-order chi connectivity index (χ1) is 26.3. The molecule has 53 heavy (non-hydrogen) atoms. The minimum atomic E-state index is 0.889. The minimum absolute atomic E-state index is 0.889. The van der Waals surface area contributed by atoms with Crippen molar-refractivity contribution in [3.05, 3.63) is 194 Å². The van der Waals surface area contributed by atoms with Crippen LogP contribution in [0.4, 0.5) is 17.1 Å². The Hall–Kier alpha value is -7.10. The van der Waals surface area contributed by atoms with Crippen molar-refractivity contribution < 1.29 is 4.42 Å². The molecule has 0 saturated carbocycles. The van der Waals surface area contributed by atoms with Gasteiger partial charge in [-0.1, -0.05) is 133 Å². The van der Waals surface area contributed by atoms with Crippen molar-refractivity contribution in [2.75, 3.05) is 4.90 Å². The second-order valence-electron chi connectivity index (χ2n) is 13.7. The molecule has 3 nitrogen and oxygen atoms in total. The second-order valence-corrected chi connectivity index (χ2v) is 13.7. The molecule has 1 aliphatic heterocycles. The molecule has 0 atom stereocenters. The van der Waals surface area contributed by atoms with E-state index in [1.165, 1.54) is 55.5 Å². The summed E-state index contributed by atoms with van der Waals surface area (Å²) in [6, 6.07) is 69.9. The molecule has 3 heterocycles. The van der Waals surface area contributed by atoms with E-state index in [-0.39, 0.29) is 0 Å². The van der Waals surface area contributed by atoms with Gasteiger partial charge in [0.2, 0.25) is 0 Å². The topological polar surface area (TPSA) is 21.3 Å². The maximum atomic E-state index is 6.27. The molecule has 0 spiro atoms. The van der Waals surface area contributed by atoms with E-state index >= 15 is 0 Å². The highest BCUT2D eigenvalue weighted by molar-refractivity contribution is 6.14. The first-order valence-electron chi connectivity index (χ1n) is 18.1. The normalized spacial score (nSPS) is 12.1. The lowest BCUT2D eigenvalue weighted by Crippen LogP contribution is -2.11. The van der Waals surface area contributed by atoms with Gasteiger partial charge in [-0.15, -0.1) is 0 Å². The van der Waals surface area contributed by atoms with Gasteiger partial charge in [-0.3, -0.25) is 0 Å². The van der Waals surface area contributed by atoms with E-state index in [0.717, 1.165) is 44.7 Å². The smallest absolute Gasteiger partial charge is 0.135 e. The quantitative estimate of drug-likeness (QED) is 0.185. The van der Waals surface area contributed by atoms with Gasteiger partial charge in [-0.05, 0) is 82.9 Å². The van der Waals surface area contributed by atoms with Crippen LogP contribution < -0.4 is 4.90 Å². The molecule has 0 N–H and O–H groups in total. The summed E-state index contributed by atoms with van der Waals surface area (Å²) in [4.78, 5) is 2.43. The van der Waals surface area contributed by atoms with E-state index < -0.39 is 0 Å². The molecule has 248 valence electrons. The van der Waals surface area contributed by atoms with Gasteiger partial charge in [0.05, 0.1) is 22.6 Å². The van der Waals surface area contributed by atoms with Crippen molar-refractivity contribution >= 4 is 49.9 Å². The number of anilines is 3. The zero-order chi connectivity index (χ0) is 34.9.